The van der Waals surface area contributed by atoms with Crippen LogP contribution in [0.3, 0.4) is 0 Å². The molecular formula is C9H5Cl2N3. The first-order valence-electron chi connectivity index (χ1n) is 3.86. The Balaban J connectivity index is 2.48. The number of hydrogen-bond donors (Lipinski definition) is 0. The second-order valence-electron chi connectivity index (χ2n) is 2.61. The summed E-state index contributed by atoms with van der Waals surface area (Å²) in [7, 11) is 0. The lowest BCUT2D eigenvalue weighted by Crippen LogP contribution is -1.88. The highest BCUT2D eigenvalue weighted by Crippen LogP contribution is 2.23. The summed E-state index contributed by atoms with van der Waals surface area (Å²) in [5, 5.41) is 8.21. The van der Waals surface area contributed by atoms with Gasteiger partial charge in [0.2, 0.25) is 0 Å². The van der Waals surface area contributed by atoms with Crippen LogP contribution in [0.2, 0.25) is 10.2 Å². The quantitative estimate of drug-likeness (QED) is 0.750. The van der Waals surface area contributed by atoms with E-state index in [0.717, 1.165) is 5.56 Å². The van der Waals surface area contributed by atoms with E-state index < -0.39 is 0 Å². The van der Waals surface area contributed by atoms with Gasteiger partial charge in [0.15, 0.2) is 5.15 Å². The average molecular weight is 226 g/mol. The molecule has 5 heteroatoms. The Morgan fingerprint density at radius 2 is 2.00 bits per heavy atom. The smallest absolute Gasteiger partial charge is 0.170 e. The maximum absolute atomic E-state index is 5.81. The highest BCUT2D eigenvalue weighted by Gasteiger charge is 2.04. The molecule has 0 aliphatic carbocycles. The second kappa shape index (κ2) is 3.90. The Bertz CT molecular complexity index is 445. The molecule has 0 aliphatic heterocycles. The number of pyridine rings is 1. The third-order valence-corrected chi connectivity index (χ3v) is 2.33. The fourth-order valence-electron chi connectivity index (χ4n) is 1.01. The van der Waals surface area contributed by atoms with E-state index in [2.05, 4.69) is 15.2 Å². The summed E-state index contributed by atoms with van der Waals surface area (Å²) < 4.78 is 0. The first-order valence-corrected chi connectivity index (χ1v) is 4.62. The fourth-order valence-corrected chi connectivity index (χ4v) is 1.24. The number of hydrogen-bond acceptors (Lipinski definition) is 3. The first-order chi connectivity index (χ1) is 6.77. The zero-order chi connectivity index (χ0) is 9.97. The van der Waals surface area contributed by atoms with Crippen LogP contribution in [0.1, 0.15) is 0 Å². The Labute approximate surface area is 90.7 Å². The van der Waals surface area contributed by atoms with Crippen LogP contribution in [-0.2, 0) is 0 Å². The van der Waals surface area contributed by atoms with Gasteiger partial charge in [-0.25, -0.2) is 0 Å². The second-order valence-corrected chi connectivity index (χ2v) is 3.38. The van der Waals surface area contributed by atoms with Crippen molar-refractivity contribution >= 4 is 23.2 Å². The zero-order valence-electron chi connectivity index (χ0n) is 6.98. The van der Waals surface area contributed by atoms with Gasteiger partial charge < -0.3 is 0 Å². The summed E-state index contributed by atoms with van der Waals surface area (Å²) in [6.07, 6.45) is 3.38. The lowest BCUT2D eigenvalue weighted by Gasteiger charge is -1.99. The zero-order valence-corrected chi connectivity index (χ0v) is 8.50. The average Bonchev–Trinajstić information content (AvgIpc) is 2.23. The molecule has 70 valence electrons. The van der Waals surface area contributed by atoms with Gasteiger partial charge >= 0.3 is 0 Å². The Hall–Kier alpha value is -1.19. The van der Waals surface area contributed by atoms with Crippen LogP contribution in [0.25, 0.3) is 11.3 Å². The van der Waals surface area contributed by atoms with E-state index in [9.17, 15) is 0 Å². The summed E-state index contributed by atoms with van der Waals surface area (Å²) in [6, 6.07) is 5.36. The largest absolute Gasteiger partial charge is 0.264 e. The molecule has 0 atom stereocenters. The maximum atomic E-state index is 5.81. The summed E-state index contributed by atoms with van der Waals surface area (Å²) in [4.78, 5) is 3.97. The lowest BCUT2D eigenvalue weighted by molar-refractivity contribution is 1.04. The van der Waals surface area contributed by atoms with Gasteiger partial charge in [-0.1, -0.05) is 23.2 Å². The summed E-state index contributed by atoms with van der Waals surface area (Å²) >= 11 is 11.5. The standard InChI is InChI=1S/C9H5Cl2N3/c10-7-4-8(13-14-9(7)11)6-2-1-3-12-5-6/h1-5H. The van der Waals surface area contributed by atoms with Crippen molar-refractivity contribution in [3.05, 3.63) is 40.8 Å². The normalized spacial score (nSPS) is 10.1. The molecule has 0 radical (unpaired) electrons. The SMILES string of the molecule is Clc1cc(-c2cccnc2)nnc1Cl. The third-order valence-electron chi connectivity index (χ3n) is 1.66. The van der Waals surface area contributed by atoms with Crippen molar-refractivity contribution in [2.24, 2.45) is 0 Å². The molecule has 0 bridgehead atoms. The molecule has 0 aliphatic rings. The molecule has 14 heavy (non-hydrogen) atoms. The maximum Gasteiger partial charge on any atom is 0.170 e. The summed E-state index contributed by atoms with van der Waals surface area (Å²) in [6.45, 7) is 0. The third kappa shape index (κ3) is 1.84. The van der Waals surface area contributed by atoms with Crippen molar-refractivity contribution in [3.63, 3.8) is 0 Å². The van der Waals surface area contributed by atoms with E-state index in [1.165, 1.54) is 0 Å². The Morgan fingerprint density at radius 3 is 2.64 bits per heavy atom. The van der Waals surface area contributed by atoms with E-state index in [-0.39, 0.29) is 5.15 Å². The van der Waals surface area contributed by atoms with Gasteiger partial charge in [0.25, 0.3) is 0 Å². The first kappa shape index (κ1) is 9.37. The van der Waals surface area contributed by atoms with Crippen LogP contribution in [0, 0.1) is 0 Å². The molecule has 0 spiro atoms. The monoisotopic (exact) mass is 225 g/mol. The fraction of sp³-hybridized carbons (Fsp3) is 0. The highest BCUT2D eigenvalue weighted by atomic mass is 35.5. The molecule has 0 N–H and O–H groups in total. The molecule has 2 aromatic rings. The molecule has 0 aromatic carbocycles. The summed E-state index contributed by atoms with van der Waals surface area (Å²) in [5.74, 6) is 0. The van der Waals surface area contributed by atoms with Crippen LogP contribution in [0.4, 0.5) is 0 Å². The topological polar surface area (TPSA) is 38.7 Å². The van der Waals surface area contributed by atoms with E-state index in [1.54, 1.807) is 18.5 Å². The van der Waals surface area contributed by atoms with Crippen molar-refractivity contribution in [3.8, 4) is 11.3 Å². The molecule has 0 amide bonds. The molecule has 0 saturated heterocycles. The van der Waals surface area contributed by atoms with Gasteiger partial charge in [-0.05, 0) is 18.2 Å². The molecule has 2 heterocycles. The number of nitrogens with zero attached hydrogens (tertiary/aromatic N) is 3. The molecular weight excluding hydrogens is 221 g/mol. The van der Waals surface area contributed by atoms with Gasteiger partial charge in [-0.3, -0.25) is 4.98 Å². The number of aromatic nitrogens is 3. The van der Waals surface area contributed by atoms with E-state index >= 15 is 0 Å². The van der Waals surface area contributed by atoms with E-state index in [1.807, 2.05) is 12.1 Å². The van der Waals surface area contributed by atoms with E-state index in [4.69, 9.17) is 23.2 Å². The highest BCUT2D eigenvalue weighted by molar-refractivity contribution is 6.41. The minimum Gasteiger partial charge on any atom is -0.264 e. The van der Waals surface area contributed by atoms with Gasteiger partial charge in [-0.15, -0.1) is 10.2 Å². The lowest BCUT2D eigenvalue weighted by atomic mass is 10.2. The van der Waals surface area contributed by atoms with Crippen LogP contribution in [-0.4, -0.2) is 15.2 Å². The van der Waals surface area contributed by atoms with Crippen LogP contribution < -0.4 is 0 Å². The Kier molecular flexibility index (Phi) is 2.61. The minimum absolute atomic E-state index is 0.208. The summed E-state index contributed by atoms with van der Waals surface area (Å²) in [5.41, 5.74) is 1.52. The van der Waals surface area contributed by atoms with Gasteiger partial charge in [0, 0.05) is 18.0 Å². The van der Waals surface area contributed by atoms with Crippen molar-refractivity contribution in [2.45, 2.75) is 0 Å². The van der Waals surface area contributed by atoms with Gasteiger partial charge in [0.05, 0.1) is 10.7 Å². The van der Waals surface area contributed by atoms with Gasteiger partial charge in [-0.2, -0.15) is 0 Å². The number of halogens is 2. The van der Waals surface area contributed by atoms with Crippen LogP contribution >= 0.6 is 23.2 Å². The molecule has 3 nitrogen and oxygen atoms in total. The number of rotatable bonds is 1. The van der Waals surface area contributed by atoms with E-state index in [0.29, 0.717) is 10.7 Å². The molecule has 2 rings (SSSR count). The van der Waals surface area contributed by atoms with Crippen molar-refractivity contribution in [1.82, 2.24) is 15.2 Å². The molecule has 2 aromatic heterocycles. The molecule has 0 fully saturated rings. The predicted octanol–water partition coefficient (Wildman–Crippen LogP) is 2.85. The van der Waals surface area contributed by atoms with Crippen molar-refractivity contribution in [1.29, 1.82) is 0 Å². The minimum atomic E-state index is 0.208. The molecule has 0 unspecified atom stereocenters. The Morgan fingerprint density at radius 1 is 1.14 bits per heavy atom. The molecule has 0 saturated carbocycles. The predicted molar refractivity (Wildman–Crippen MR) is 55.3 cm³/mol. The van der Waals surface area contributed by atoms with Crippen molar-refractivity contribution < 1.29 is 0 Å². The van der Waals surface area contributed by atoms with Crippen molar-refractivity contribution in [2.75, 3.05) is 0 Å². The van der Waals surface area contributed by atoms with Gasteiger partial charge in [0.1, 0.15) is 0 Å². The van der Waals surface area contributed by atoms with Crippen LogP contribution in [0.5, 0.6) is 0 Å². The van der Waals surface area contributed by atoms with Crippen LogP contribution in [0.15, 0.2) is 30.6 Å².